The molecule has 0 aromatic heterocycles. The van der Waals surface area contributed by atoms with Gasteiger partial charge in [0, 0.05) is 5.41 Å². The molecule has 0 amide bonds. The van der Waals surface area contributed by atoms with Gasteiger partial charge in [-0.25, -0.2) is 0 Å². The topological polar surface area (TPSA) is 0 Å². The number of hydrogen-bond acceptors (Lipinski definition) is 0. The zero-order chi connectivity index (χ0) is 32.7. The van der Waals surface area contributed by atoms with Gasteiger partial charge in [-0.1, -0.05) is 166 Å². The van der Waals surface area contributed by atoms with Crippen LogP contribution in [-0.4, -0.2) is 0 Å². The quantitative estimate of drug-likeness (QED) is 0.172. The molecule has 0 heteroatoms. The third kappa shape index (κ3) is 4.17. The Morgan fingerprint density at radius 3 is 1.59 bits per heavy atom. The second-order valence-corrected chi connectivity index (χ2v) is 14.1. The summed E-state index contributed by atoms with van der Waals surface area (Å²) in [5.74, 6) is 0. The Labute approximate surface area is 286 Å². The van der Waals surface area contributed by atoms with E-state index in [0.29, 0.717) is 0 Å². The fourth-order valence-corrected chi connectivity index (χ4v) is 8.60. The summed E-state index contributed by atoms with van der Waals surface area (Å²) in [6.07, 6.45) is 0. The van der Waals surface area contributed by atoms with Crippen LogP contribution in [0.2, 0.25) is 0 Å². The van der Waals surface area contributed by atoms with Crippen molar-refractivity contribution in [1.29, 1.82) is 0 Å². The van der Waals surface area contributed by atoms with E-state index in [1.807, 2.05) is 0 Å². The summed E-state index contributed by atoms with van der Waals surface area (Å²) < 4.78 is 0. The summed E-state index contributed by atoms with van der Waals surface area (Å²) in [7, 11) is 0. The van der Waals surface area contributed by atoms with Gasteiger partial charge in [-0.2, -0.15) is 0 Å². The standard InChI is InChI=1S/C49H34/c1-49(2)43-27-26-42-45(38-23-21-32-13-7-9-17-35(32)29-38)39-18-10-11-19-40(39)46(33-14-4-3-5-15-33)48(42)47(43)41-25-24-37(30-44(41)49)36-22-20-31-12-6-8-16-34(31)28-36/h3-30H,1-2H3. The van der Waals surface area contributed by atoms with Crippen molar-refractivity contribution in [2.75, 3.05) is 0 Å². The minimum absolute atomic E-state index is 0.158. The van der Waals surface area contributed by atoms with Gasteiger partial charge in [0.25, 0.3) is 0 Å². The van der Waals surface area contributed by atoms with E-state index in [9.17, 15) is 0 Å². The summed E-state index contributed by atoms with van der Waals surface area (Å²) in [6, 6.07) is 63.2. The largest absolute Gasteiger partial charge is 0.0622 e. The molecule has 9 aromatic rings. The van der Waals surface area contributed by atoms with Crippen LogP contribution in [-0.2, 0) is 5.41 Å². The highest BCUT2D eigenvalue weighted by atomic mass is 14.4. The Bertz CT molecular complexity index is 2780. The van der Waals surface area contributed by atoms with E-state index in [-0.39, 0.29) is 5.41 Å². The predicted octanol–water partition coefficient (Wildman–Crippen LogP) is 13.6. The lowest BCUT2D eigenvalue weighted by molar-refractivity contribution is 0.661. The van der Waals surface area contributed by atoms with Crippen LogP contribution in [0.1, 0.15) is 25.0 Å². The van der Waals surface area contributed by atoms with Crippen LogP contribution in [0.5, 0.6) is 0 Å². The second-order valence-electron chi connectivity index (χ2n) is 14.1. The molecule has 230 valence electrons. The van der Waals surface area contributed by atoms with Crippen molar-refractivity contribution >= 4 is 43.1 Å². The number of fused-ring (bicyclic) bond motifs is 8. The summed E-state index contributed by atoms with van der Waals surface area (Å²) >= 11 is 0. The van der Waals surface area contributed by atoms with Crippen LogP contribution in [0.15, 0.2) is 170 Å². The summed E-state index contributed by atoms with van der Waals surface area (Å²) in [5, 5.41) is 10.3. The van der Waals surface area contributed by atoms with E-state index >= 15 is 0 Å². The average molecular weight is 623 g/mol. The molecule has 0 fully saturated rings. The van der Waals surface area contributed by atoms with E-state index in [1.54, 1.807) is 0 Å². The molecule has 1 aliphatic carbocycles. The highest BCUT2D eigenvalue weighted by Gasteiger charge is 2.38. The van der Waals surface area contributed by atoms with Crippen molar-refractivity contribution < 1.29 is 0 Å². The second kappa shape index (κ2) is 10.5. The van der Waals surface area contributed by atoms with Crippen molar-refractivity contribution in [2.45, 2.75) is 19.3 Å². The van der Waals surface area contributed by atoms with Crippen LogP contribution < -0.4 is 0 Å². The Morgan fingerprint density at radius 2 is 0.878 bits per heavy atom. The smallest absolute Gasteiger partial charge is 0.0159 e. The molecule has 0 spiro atoms. The van der Waals surface area contributed by atoms with E-state index in [1.165, 1.54) is 98.7 Å². The van der Waals surface area contributed by atoms with Gasteiger partial charge < -0.3 is 0 Å². The van der Waals surface area contributed by atoms with E-state index in [0.717, 1.165) is 0 Å². The maximum absolute atomic E-state index is 2.46. The normalized spacial score (nSPS) is 13.3. The Balaban J connectivity index is 1.31. The lowest BCUT2D eigenvalue weighted by atomic mass is 9.79. The molecule has 0 heterocycles. The maximum Gasteiger partial charge on any atom is 0.0159 e. The number of hydrogen-bond donors (Lipinski definition) is 0. The van der Waals surface area contributed by atoms with Crippen LogP contribution in [0.4, 0.5) is 0 Å². The highest BCUT2D eigenvalue weighted by molar-refractivity contribution is 6.26. The van der Waals surface area contributed by atoms with Crippen molar-refractivity contribution in [3.8, 4) is 44.5 Å². The Kier molecular flexibility index (Phi) is 6.02. The SMILES string of the molecule is CC1(C)c2cc(-c3ccc4ccccc4c3)ccc2-c2c1ccc1c(-c3ccc4ccccc4c3)c3ccccc3c(-c3ccccc3)c21. The molecule has 1 aliphatic rings. The summed E-state index contributed by atoms with van der Waals surface area (Å²) in [5.41, 5.74) is 13.0. The molecule has 0 unspecified atom stereocenters. The molecule has 0 atom stereocenters. The van der Waals surface area contributed by atoms with E-state index < -0.39 is 0 Å². The average Bonchev–Trinajstić information content (AvgIpc) is 3.39. The van der Waals surface area contributed by atoms with Crippen molar-refractivity contribution in [3.05, 3.63) is 181 Å². The number of benzene rings is 9. The van der Waals surface area contributed by atoms with Gasteiger partial charge in [0.05, 0.1) is 0 Å². The maximum atomic E-state index is 2.46. The Hall–Kier alpha value is -5.98. The highest BCUT2D eigenvalue weighted by Crippen LogP contribution is 2.56. The minimum Gasteiger partial charge on any atom is -0.0622 e. The zero-order valence-electron chi connectivity index (χ0n) is 27.7. The van der Waals surface area contributed by atoms with Crippen LogP contribution in [0.3, 0.4) is 0 Å². The third-order valence-corrected chi connectivity index (χ3v) is 11.0. The lowest BCUT2D eigenvalue weighted by Gasteiger charge is -2.24. The van der Waals surface area contributed by atoms with Gasteiger partial charge in [-0.3, -0.25) is 0 Å². The fourth-order valence-electron chi connectivity index (χ4n) is 8.60. The van der Waals surface area contributed by atoms with Crippen LogP contribution in [0.25, 0.3) is 87.6 Å². The molecule has 0 nitrogen and oxygen atoms in total. The third-order valence-electron chi connectivity index (χ3n) is 11.0. The zero-order valence-corrected chi connectivity index (χ0v) is 27.7. The van der Waals surface area contributed by atoms with Crippen molar-refractivity contribution in [1.82, 2.24) is 0 Å². The minimum atomic E-state index is -0.158. The first-order valence-corrected chi connectivity index (χ1v) is 17.3. The lowest BCUT2D eigenvalue weighted by Crippen LogP contribution is -2.15. The number of rotatable bonds is 3. The molecular weight excluding hydrogens is 589 g/mol. The van der Waals surface area contributed by atoms with Gasteiger partial charge in [-0.15, -0.1) is 0 Å². The molecular formula is C49H34. The first-order valence-electron chi connectivity index (χ1n) is 17.3. The van der Waals surface area contributed by atoms with Crippen LogP contribution >= 0.6 is 0 Å². The molecule has 0 saturated carbocycles. The Morgan fingerprint density at radius 1 is 0.327 bits per heavy atom. The van der Waals surface area contributed by atoms with Gasteiger partial charge in [0.2, 0.25) is 0 Å². The molecule has 9 aromatic carbocycles. The van der Waals surface area contributed by atoms with Crippen molar-refractivity contribution in [3.63, 3.8) is 0 Å². The summed E-state index contributed by atoms with van der Waals surface area (Å²) in [4.78, 5) is 0. The first-order chi connectivity index (χ1) is 24.1. The molecule has 0 aliphatic heterocycles. The van der Waals surface area contributed by atoms with Gasteiger partial charge in [0.1, 0.15) is 0 Å². The van der Waals surface area contributed by atoms with Gasteiger partial charge in [0.15, 0.2) is 0 Å². The molecule has 0 N–H and O–H groups in total. The van der Waals surface area contributed by atoms with E-state index in [2.05, 4.69) is 184 Å². The molecule has 49 heavy (non-hydrogen) atoms. The van der Waals surface area contributed by atoms with Gasteiger partial charge >= 0.3 is 0 Å². The van der Waals surface area contributed by atoms with Crippen molar-refractivity contribution in [2.24, 2.45) is 0 Å². The monoisotopic (exact) mass is 622 g/mol. The molecule has 0 radical (unpaired) electrons. The van der Waals surface area contributed by atoms with Gasteiger partial charge in [-0.05, 0) is 117 Å². The first kappa shape index (κ1) is 28.1. The molecule has 0 bridgehead atoms. The fraction of sp³-hybridized carbons (Fsp3) is 0.0612. The summed E-state index contributed by atoms with van der Waals surface area (Å²) in [6.45, 7) is 4.81. The predicted molar refractivity (Wildman–Crippen MR) is 210 cm³/mol. The van der Waals surface area contributed by atoms with E-state index in [4.69, 9.17) is 0 Å². The molecule has 0 saturated heterocycles. The molecule has 10 rings (SSSR count). The van der Waals surface area contributed by atoms with Crippen LogP contribution in [0, 0.1) is 0 Å².